The average molecular weight is 551 g/mol. The number of carbonyl (C=O) groups is 1. The zero-order valence-electron chi connectivity index (χ0n) is 22.1. The van der Waals surface area contributed by atoms with Crippen molar-refractivity contribution in [2.75, 3.05) is 51.4 Å². The summed E-state index contributed by atoms with van der Waals surface area (Å²) in [7, 11) is 2.72. The minimum atomic E-state index is -4.14. The van der Waals surface area contributed by atoms with Crippen LogP contribution in [-0.4, -0.2) is 70.6 Å². The largest absolute Gasteiger partial charge is 0.497 e. The number of nitrogens with zero attached hydrogens (tertiary/aromatic N) is 3. The molecule has 3 N–H and O–H groups in total. The first kappa shape index (κ1) is 27.6. The minimum absolute atomic E-state index is 0.0173. The maximum Gasteiger partial charge on any atom is 0.263 e. The molecule has 39 heavy (non-hydrogen) atoms. The molecule has 0 aliphatic heterocycles. The lowest BCUT2D eigenvalue weighted by Gasteiger charge is -2.15. The summed E-state index contributed by atoms with van der Waals surface area (Å²) in [6.45, 7) is 1.08. The van der Waals surface area contributed by atoms with Crippen LogP contribution in [0.3, 0.4) is 0 Å². The summed E-state index contributed by atoms with van der Waals surface area (Å²) in [4.78, 5) is 23.5. The van der Waals surface area contributed by atoms with Crippen LogP contribution in [0.15, 0.2) is 71.6 Å². The Labute approximate surface area is 227 Å². The quantitative estimate of drug-likeness (QED) is 0.256. The number of amides is 1. The number of benzene rings is 3. The van der Waals surface area contributed by atoms with Crippen molar-refractivity contribution in [3.63, 3.8) is 0 Å². The number of anilines is 3. The number of para-hydroxylation sites is 2. The highest BCUT2D eigenvalue weighted by Gasteiger charge is 2.21. The molecule has 0 radical (unpaired) electrons. The van der Waals surface area contributed by atoms with Crippen LogP contribution in [0, 0.1) is 0 Å². The molecule has 0 bridgehead atoms. The molecule has 0 spiro atoms. The van der Waals surface area contributed by atoms with Gasteiger partial charge in [-0.3, -0.25) is 9.52 Å². The Kier molecular flexibility index (Phi) is 8.47. The molecule has 1 amide bonds. The number of ether oxygens (including phenoxy) is 2. The number of nitrogens with one attached hydrogen (secondary N) is 3. The Morgan fingerprint density at radius 2 is 1.51 bits per heavy atom. The van der Waals surface area contributed by atoms with Gasteiger partial charge in [0.2, 0.25) is 0 Å². The molecule has 4 aromatic rings. The number of methoxy groups -OCH3 is 2. The normalized spacial score (nSPS) is 11.3. The highest BCUT2D eigenvalue weighted by atomic mass is 32.2. The van der Waals surface area contributed by atoms with E-state index >= 15 is 0 Å². The van der Waals surface area contributed by atoms with Gasteiger partial charge in [0, 0.05) is 42.5 Å². The Bertz CT molecular complexity index is 1570. The third-order valence-electron chi connectivity index (χ3n) is 5.67. The molecule has 1 aromatic heterocycles. The van der Waals surface area contributed by atoms with Crippen molar-refractivity contribution in [2.24, 2.45) is 0 Å². The number of rotatable bonds is 11. The van der Waals surface area contributed by atoms with E-state index < -0.39 is 10.0 Å². The Balaban J connectivity index is 1.67. The molecule has 3 aromatic carbocycles. The molecule has 0 unspecified atom stereocenters. The minimum Gasteiger partial charge on any atom is -0.497 e. The van der Waals surface area contributed by atoms with E-state index in [1.165, 1.54) is 32.4 Å². The van der Waals surface area contributed by atoms with Crippen LogP contribution >= 0.6 is 0 Å². The van der Waals surface area contributed by atoms with E-state index in [2.05, 4.69) is 25.3 Å². The number of carbonyl (C=O) groups excluding carboxylic acids is 1. The fourth-order valence-corrected chi connectivity index (χ4v) is 4.72. The molecule has 0 fully saturated rings. The molecule has 4 rings (SSSR count). The predicted octanol–water partition coefficient (Wildman–Crippen LogP) is 3.48. The van der Waals surface area contributed by atoms with Crippen molar-refractivity contribution in [2.45, 2.75) is 4.90 Å². The summed E-state index contributed by atoms with van der Waals surface area (Å²) >= 11 is 0. The van der Waals surface area contributed by atoms with Crippen LogP contribution in [0.5, 0.6) is 11.5 Å². The number of hydrogen-bond donors (Lipinski definition) is 3. The third-order valence-corrected chi connectivity index (χ3v) is 7.00. The van der Waals surface area contributed by atoms with E-state index in [1.54, 1.807) is 42.5 Å². The van der Waals surface area contributed by atoms with Gasteiger partial charge in [0.1, 0.15) is 11.5 Å². The van der Waals surface area contributed by atoms with Gasteiger partial charge in [-0.25, -0.2) is 18.4 Å². The van der Waals surface area contributed by atoms with Gasteiger partial charge in [0.25, 0.3) is 15.9 Å². The van der Waals surface area contributed by atoms with E-state index in [0.29, 0.717) is 41.3 Å². The van der Waals surface area contributed by atoms with E-state index in [4.69, 9.17) is 9.47 Å². The van der Waals surface area contributed by atoms with Crippen molar-refractivity contribution in [1.82, 2.24) is 20.2 Å². The second-order valence-electron chi connectivity index (χ2n) is 8.83. The number of aromatic nitrogens is 2. The fourth-order valence-electron chi connectivity index (χ4n) is 3.66. The second-order valence-corrected chi connectivity index (χ2v) is 10.5. The lowest BCUT2D eigenvalue weighted by molar-refractivity contribution is 0.0951. The number of sulfonamides is 1. The van der Waals surface area contributed by atoms with Gasteiger partial charge >= 0.3 is 0 Å². The first-order valence-corrected chi connectivity index (χ1v) is 13.5. The van der Waals surface area contributed by atoms with E-state index in [0.717, 1.165) is 0 Å². The van der Waals surface area contributed by atoms with Crippen LogP contribution in [-0.2, 0) is 10.0 Å². The Hall–Kier alpha value is -4.42. The van der Waals surface area contributed by atoms with Gasteiger partial charge in [-0.05, 0) is 44.4 Å². The van der Waals surface area contributed by atoms with Crippen LogP contribution in [0.25, 0.3) is 11.0 Å². The highest BCUT2D eigenvalue weighted by Crippen LogP contribution is 2.31. The molecule has 204 valence electrons. The molecule has 0 saturated heterocycles. The van der Waals surface area contributed by atoms with Crippen molar-refractivity contribution in [3.8, 4) is 11.5 Å². The molecule has 11 nitrogen and oxygen atoms in total. The van der Waals surface area contributed by atoms with Crippen LogP contribution < -0.4 is 24.8 Å². The number of hydrogen-bond acceptors (Lipinski definition) is 9. The van der Waals surface area contributed by atoms with Gasteiger partial charge in [0.15, 0.2) is 11.6 Å². The molecule has 12 heteroatoms. The number of fused-ring (bicyclic) bond motifs is 1. The molecular weight excluding hydrogens is 520 g/mol. The zero-order chi connectivity index (χ0) is 28.0. The van der Waals surface area contributed by atoms with Crippen LogP contribution in [0.1, 0.15) is 10.4 Å². The maximum atomic E-state index is 13.4. The summed E-state index contributed by atoms with van der Waals surface area (Å²) < 4.78 is 40.1. The average Bonchev–Trinajstić information content (AvgIpc) is 2.92. The summed E-state index contributed by atoms with van der Waals surface area (Å²) in [5, 5.41) is 5.91. The zero-order valence-corrected chi connectivity index (χ0v) is 22.9. The van der Waals surface area contributed by atoms with Gasteiger partial charge in [-0.2, -0.15) is 0 Å². The topological polar surface area (TPSA) is 135 Å². The lowest BCUT2D eigenvalue weighted by atomic mass is 10.2. The molecule has 0 aliphatic rings. The molecule has 1 heterocycles. The molecule has 0 aliphatic carbocycles. The first-order chi connectivity index (χ1) is 18.7. The predicted molar refractivity (Wildman–Crippen MR) is 151 cm³/mol. The molecular formula is C27H30N6O5S. The second kappa shape index (κ2) is 12.0. The van der Waals surface area contributed by atoms with Crippen molar-refractivity contribution in [3.05, 3.63) is 72.3 Å². The van der Waals surface area contributed by atoms with Gasteiger partial charge < -0.3 is 25.0 Å². The Morgan fingerprint density at radius 3 is 2.13 bits per heavy atom. The van der Waals surface area contributed by atoms with Gasteiger partial charge in [-0.15, -0.1) is 0 Å². The summed E-state index contributed by atoms with van der Waals surface area (Å²) in [6, 6.07) is 18.1. The van der Waals surface area contributed by atoms with E-state index in [9.17, 15) is 13.2 Å². The first-order valence-electron chi connectivity index (χ1n) is 12.0. The Morgan fingerprint density at radius 1 is 0.872 bits per heavy atom. The standard InChI is InChI=1S/C27H30N6O5S/c1-33(2)13-12-28-27(34)18-8-7-9-22(14-18)39(35,36)32-26-25(30-23-10-5-6-11-24(23)31-26)29-19-15-20(37-3)17-21(16-19)38-4/h5-11,14-17H,12-13H2,1-4H3,(H,28,34)(H,29,30)(H,31,32). The van der Waals surface area contributed by atoms with Crippen LogP contribution in [0.2, 0.25) is 0 Å². The fraction of sp³-hybridized carbons (Fsp3) is 0.222. The monoisotopic (exact) mass is 550 g/mol. The number of likely N-dealkylation sites (N-methyl/N-ethyl adjacent to an activating group) is 1. The third kappa shape index (κ3) is 6.92. The van der Waals surface area contributed by atoms with Gasteiger partial charge in [0.05, 0.1) is 30.1 Å². The van der Waals surface area contributed by atoms with Crippen LogP contribution in [0.4, 0.5) is 17.3 Å². The summed E-state index contributed by atoms with van der Waals surface area (Å²) in [5.74, 6) is 0.858. The van der Waals surface area contributed by atoms with E-state index in [1.807, 2.05) is 25.1 Å². The smallest absolute Gasteiger partial charge is 0.263 e. The summed E-state index contributed by atoms with van der Waals surface area (Å²) in [5.41, 5.74) is 1.84. The summed E-state index contributed by atoms with van der Waals surface area (Å²) in [6.07, 6.45) is 0. The maximum absolute atomic E-state index is 13.4. The van der Waals surface area contributed by atoms with Crippen molar-refractivity contribution >= 4 is 44.3 Å². The molecule has 0 atom stereocenters. The van der Waals surface area contributed by atoms with Gasteiger partial charge in [-0.1, -0.05) is 18.2 Å². The highest BCUT2D eigenvalue weighted by molar-refractivity contribution is 7.92. The SMILES string of the molecule is COc1cc(Nc2nc3ccccc3nc2NS(=O)(=O)c2cccc(C(=O)NCCN(C)C)c2)cc(OC)c1. The van der Waals surface area contributed by atoms with E-state index in [-0.39, 0.29) is 28.0 Å². The van der Waals surface area contributed by atoms with Crippen molar-refractivity contribution in [1.29, 1.82) is 0 Å². The molecule has 0 saturated carbocycles. The lowest BCUT2D eigenvalue weighted by Crippen LogP contribution is -2.31. The van der Waals surface area contributed by atoms with Crippen molar-refractivity contribution < 1.29 is 22.7 Å².